The van der Waals surface area contributed by atoms with E-state index in [1.807, 2.05) is 30.9 Å². The number of rotatable bonds is 7. The van der Waals surface area contributed by atoms with Crippen LogP contribution in [0.1, 0.15) is 33.3 Å². The molecule has 1 aromatic carbocycles. The van der Waals surface area contributed by atoms with E-state index < -0.39 is 0 Å². The second-order valence-electron chi connectivity index (χ2n) is 5.66. The topological polar surface area (TPSA) is 39.7 Å². The minimum absolute atomic E-state index is 0.173. The van der Waals surface area contributed by atoms with E-state index in [9.17, 15) is 4.39 Å². The van der Waals surface area contributed by atoms with Crippen LogP contribution in [0, 0.1) is 11.7 Å². The summed E-state index contributed by atoms with van der Waals surface area (Å²) >= 11 is 0. The highest BCUT2D eigenvalue weighted by molar-refractivity contribution is 5.79. The summed E-state index contributed by atoms with van der Waals surface area (Å²) in [5, 5.41) is 6.44. The number of benzene rings is 1. The first kappa shape index (κ1) is 18.3. The molecule has 0 saturated heterocycles. The molecule has 0 heterocycles. The lowest BCUT2D eigenvalue weighted by molar-refractivity contribution is 0.611. The zero-order valence-electron chi connectivity index (χ0n) is 14.4. The molecule has 2 N–H and O–H groups in total. The highest BCUT2D eigenvalue weighted by Crippen LogP contribution is 2.20. The molecule has 0 aliphatic heterocycles. The van der Waals surface area contributed by atoms with Crippen LogP contribution in [0.3, 0.4) is 0 Å². The van der Waals surface area contributed by atoms with Crippen LogP contribution in [0.4, 0.5) is 10.1 Å². The fourth-order valence-electron chi connectivity index (χ4n) is 2.19. The quantitative estimate of drug-likeness (QED) is 0.601. The molecule has 5 heteroatoms. The molecule has 0 amide bonds. The highest BCUT2D eigenvalue weighted by Gasteiger charge is 2.09. The summed E-state index contributed by atoms with van der Waals surface area (Å²) in [6, 6.07) is 5.40. The smallest absolute Gasteiger partial charge is 0.191 e. The molecule has 22 heavy (non-hydrogen) atoms. The maximum Gasteiger partial charge on any atom is 0.191 e. The van der Waals surface area contributed by atoms with Crippen LogP contribution in [0.2, 0.25) is 0 Å². The minimum Gasteiger partial charge on any atom is -0.370 e. The second-order valence-corrected chi connectivity index (χ2v) is 5.66. The molecule has 0 aliphatic carbocycles. The molecule has 0 spiro atoms. The third-order valence-electron chi connectivity index (χ3n) is 3.48. The van der Waals surface area contributed by atoms with Crippen LogP contribution < -0.4 is 15.5 Å². The SMILES string of the molecule is CCN(CC)c1ccc(CNC(=NC)NCC(C)C)cc1F. The van der Waals surface area contributed by atoms with Crippen LogP contribution in [-0.2, 0) is 6.54 Å². The first-order valence-corrected chi connectivity index (χ1v) is 7.99. The average Bonchev–Trinajstić information content (AvgIpc) is 2.50. The molecule has 0 aliphatic rings. The molecule has 1 rings (SSSR count). The van der Waals surface area contributed by atoms with Crippen molar-refractivity contribution in [2.45, 2.75) is 34.2 Å². The number of nitrogens with zero attached hydrogens (tertiary/aromatic N) is 2. The number of guanidine groups is 1. The maximum atomic E-state index is 14.2. The predicted molar refractivity (Wildman–Crippen MR) is 93.0 cm³/mol. The zero-order valence-corrected chi connectivity index (χ0v) is 14.4. The van der Waals surface area contributed by atoms with Crippen molar-refractivity contribution in [2.24, 2.45) is 10.9 Å². The Hall–Kier alpha value is -1.78. The Balaban J connectivity index is 2.65. The van der Waals surface area contributed by atoms with Crippen molar-refractivity contribution < 1.29 is 4.39 Å². The van der Waals surface area contributed by atoms with Gasteiger partial charge in [0.15, 0.2) is 5.96 Å². The van der Waals surface area contributed by atoms with Gasteiger partial charge in [0, 0.05) is 33.2 Å². The molecular formula is C17H29FN4. The van der Waals surface area contributed by atoms with Crippen molar-refractivity contribution in [1.82, 2.24) is 10.6 Å². The average molecular weight is 308 g/mol. The van der Waals surface area contributed by atoms with E-state index in [2.05, 4.69) is 29.5 Å². The third kappa shape index (κ3) is 5.54. The van der Waals surface area contributed by atoms with Gasteiger partial charge in [-0.3, -0.25) is 4.99 Å². The van der Waals surface area contributed by atoms with Crippen molar-refractivity contribution in [3.8, 4) is 0 Å². The Morgan fingerprint density at radius 2 is 1.91 bits per heavy atom. The van der Waals surface area contributed by atoms with Gasteiger partial charge in [0.05, 0.1) is 5.69 Å². The van der Waals surface area contributed by atoms with Gasteiger partial charge in [-0.25, -0.2) is 4.39 Å². The van der Waals surface area contributed by atoms with Crippen LogP contribution in [0.15, 0.2) is 23.2 Å². The summed E-state index contributed by atoms with van der Waals surface area (Å²) in [7, 11) is 1.74. The van der Waals surface area contributed by atoms with Crippen LogP contribution in [0.5, 0.6) is 0 Å². The Morgan fingerprint density at radius 3 is 2.41 bits per heavy atom. The fourth-order valence-corrected chi connectivity index (χ4v) is 2.19. The first-order chi connectivity index (χ1) is 10.5. The van der Waals surface area contributed by atoms with Gasteiger partial charge in [-0.15, -0.1) is 0 Å². The lowest BCUT2D eigenvalue weighted by atomic mass is 10.1. The summed E-state index contributed by atoms with van der Waals surface area (Å²) in [6.07, 6.45) is 0. The van der Waals surface area contributed by atoms with Gasteiger partial charge < -0.3 is 15.5 Å². The van der Waals surface area contributed by atoms with E-state index >= 15 is 0 Å². The first-order valence-electron chi connectivity index (χ1n) is 7.99. The standard InChI is InChI=1S/C17H29FN4/c1-6-22(7-2)16-9-8-14(10-15(16)18)12-21-17(19-5)20-11-13(3)4/h8-10,13H,6-7,11-12H2,1-5H3,(H2,19,20,21). The second kappa shape index (κ2) is 9.28. The number of hydrogen-bond donors (Lipinski definition) is 2. The van der Waals surface area contributed by atoms with Crippen molar-refractivity contribution in [3.05, 3.63) is 29.6 Å². The number of halogens is 1. The summed E-state index contributed by atoms with van der Waals surface area (Å²) in [5.74, 6) is 1.11. The summed E-state index contributed by atoms with van der Waals surface area (Å²) in [4.78, 5) is 6.17. The number of anilines is 1. The molecule has 1 aromatic rings. The van der Waals surface area contributed by atoms with Crippen molar-refractivity contribution in [3.63, 3.8) is 0 Å². The Labute approximate surface area is 133 Å². The van der Waals surface area contributed by atoms with Gasteiger partial charge in [-0.2, -0.15) is 0 Å². The van der Waals surface area contributed by atoms with Gasteiger partial charge in [0.25, 0.3) is 0 Å². The summed E-state index contributed by atoms with van der Waals surface area (Å²) < 4.78 is 14.2. The van der Waals surface area contributed by atoms with Crippen molar-refractivity contribution in [1.29, 1.82) is 0 Å². The lowest BCUT2D eigenvalue weighted by Gasteiger charge is -2.22. The molecule has 0 bridgehead atoms. The molecule has 124 valence electrons. The normalized spacial score (nSPS) is 11.7. The molecular weight excluding hydrogens is 279 g/mol. The highest BCUT2D eigenvalue weighted by atomic mass is 19.1. The van der Waals surface area contributed by atoms with E-state index in [4.69, 9.17) is 0 Å². The minimum atomic E-state index is -0.173. The van der Waals surface area contributed by atoms with Gasteiger partial charge in [-0.1, -0.05) is 19.9 Å². The van der Waals surface area contributed by atoms with Crippen LogP contribution >= 0.6 is 0 Å². The van der Waals surface area contributed by atoms with Crippen LogP contribution in [-0.4, -0.2) is 32.6 Å². The largest absolute Gasteiger partial charge is 0.370 e. The molecule has 0 radical (unpaired) electrons. The molecule has 0 atom stereocenters. The third-order valence-corrected chi connectivity index (χ3v) is 3.48. The molecule has 0 saturated carbocycles. The summed E-state index contributed by atoms with van der Waals surface area (Å²) in [5.41, 5.74) is 1.57. The van der Waals surface area contributed by atoms with Gasteiger partial charge in [-0.05, 0) is 37.5 Å². The van der Waals surface area contributed by atoms with E-state index in [1.165, 1.54) is 0 Å². The van der Waals surface area contributed by atoms with Gasteiger partial charge in [0.1, 0.15) is 5.82 Å². The number of nitrogens with one attached hydrogen (secondary N) is 2. The van der Waals surface area contributed by atoms with E-state index in [1.54, 1.807) is 13.1 Å². The van der Waals surface area contributed by atoms with Gasteiger partial charge >= 0.3 is 0 Å². The van der Waals surface area contributed by atoms with E-state index in [-0.39, 0.29) is 5.82 Å². The monoisotopic (exact) mass is 308 g/mol. The van der Waals surface area contributed by atoms with Crippen molar-refractivity contribution in [2.75, 3.05) is 31.6 Å². The molecule has 4 nitrogen and oxygen atoms in total. The van der Waals surface area contributed by atoms with E-state index in [0.29, 0.717) is 18.2 Å². The summed E-state index contributed by atoms with van der Waals surface area (Å²) in [6.45, 7) is 11.4. The lowest BCUT2D eigenvalue weighted by Crippen LogP contribution is -2.38. The zero-order chi connectivity index (χ0) is 16.5. The predicted octanol–water partition coefficient (Wildman–Crippen LogP) is 2.99. The molecule has 0 unspecified atom stereocenters. The van der Waals surface area contributed by atoms with Crippen molar-refractivity contribution >= 4 is 11.6 Å². The van der Waals surface area contributed by atoms with E-state index in [0.717, 1.165) is 31.2 Å². The molecule has 0 aromatic heterocycles. The molecule has 0 fully saturated rings. The Morgan fingerprint density at radius 1 is 1.23 bits per heavy atom. The Bertz CT molecular complexity index is 482. The fraction of sp³-hybridized carbons (Fsp3) is 0.588. The number of hydrogen-bond acceptors (Lipinski definition) is 2. The van der Waals surface area contributed by atoms with Crippen LogP contribution in [0.25, 0.3) is 0 Å². The van der Waals surface area contributed by atoms with Gasteiger partial charge in [0.2, 0.25) is 0 Å². The maximum absolute atomic E-state index is 14.2. The number of aliphatic imine (C=N–C) groups is 1. The Kier molecular flexibility index (Phi) is 7.71.